The van der Waals surface area contributed by atoms with E-state index in [-0.39, 0.29) is 5.60 Å². The second-order valence-corrected chi connectivity index (χ2v) is 7.85. The summed E-state index contributed by atoms with van der Waals surface area (Å²) < 4.78 is 6.50. The van der Waals surface area contributed by atoms with E-state index < -0.39 is 0 Å². The smallest absolute Gasteiger partial charge is 0.0819 e. The molecule has 3 heteroatoms. The summed E-state index contributed by atoms with van der Waals surface area (Å²) in [6.07, 6.45) is 9.43. The number of benzene rings is 1. The first-order valence-electron chi connectivity index (χ1n) is 9.80. The molecule has 3 fully saturated rings. The number of morpholine rings is 1. The lowest BCUT2D eigenvalue weighted by atomic mass is 9.82. The van der Waals surface area contributed by atoms with E-state index in [4.69, 9.17) is 4.74 Å². The van der Waals surface area contributed by atoms with Crippen molar-refractivity contribution < 1.29 is 4.74 Å². The van der Waals surface area contributed by atoms with Gasteiger partial charge in [0.15, 0.2) is 0 Å². The van der Waals surface area contributed by atoms with Crippen LogP contribution in [0.2, 0.25) is 0 Å². The second kappa shape index (κ2) is 7.99. The van der Waals surface area contributed by atoms with Gasteiger partial charge in [0.1, 0.15) is 0 Å². The Bertz CT molecular complexity index is 492. The topological polar surface area (TPSA) is 24.5 Å². The largest absolute Gasteiger partial charge is 0.366 e. The van der Waals surface area contributed by atoms with Crippen LogP contribution in [0.4, 0.5) is 0 Å². The van der Waals surface area contributed by atoms with E-state index in [2.05, 4.69) is 29.3 Å². The van der Waals surface area contributed by atoms with Gasteiger partial charge in [-0.3, -0.25) is 4.90 Å². The highest BCUT2D eigenvalue weighted by Gasteiger charge is 2.54. The molecule has 134 valence electrons. The van der Waals surface area contributed by atoms with Gasteiger partial charge in [0.2, 0.25) is 0 Å². The van der Waals surface area contributed by atoms with Crippen LogP contribution in [0.3, 0.4) is 0 Å². The van der Waals surface area contributed by atoms with Crippen LogP contribution in [0.1, 0.15) is 57.4 Å². The third-order valence-electron chi connectivity index (χ3n) is 5.70. The Balaban J connectivity index is 0.000000162. The van der Waals surface area contributed by atoms with Gasteiger partial charge in [-0.2, -0.15) is 0 Å². The molecular weight excluding hydrogens is 296 g/mol. The minimum absolute atomic E-state index is 0.253. The van der Waals surface area contributed by atoms with E-state index in [9.17, 15) is 0 Å². The normalized spacial score (nSPS) is 24.4. The average Bonchev–Trinajstić information content (AvgIpc) is 3.35. The van der Waals surface area contributed by atoms with E-state index in [1.807, 2.05) is 25.2 Å². The van der Waals surface area contributed by atoms with Crippen LogP contribution in [-0.4, -0.2) is 42.8 Å². The Kier molecular flexibility index (Phi) is 5.96. The van der Waals surface area contributed by atoms with Gasteiger partial charge >= 0.3 is 0 Å². The number of rotatable bonds is 3. The van der Waals surface area contributed by atoms with Crippen LogP contribution >= 0.6 is 0 Å². The zero-order valence-corrected chi connectivity index (χ0v) is 15.5. The lowest BCUT2D eigenvalue weighted by molar-refractivity contribution is -0.181. The molecule has 1 aliphatic heterocycles. The summed E-state index contributed by atoms with van der Waals surface area (Å²) >= 11 is 0. The van der Waals surface area contributed by atoms with Crippen molar-refractivity contribution in [2.45, 2.75) is 69.6 Å². The summed E-state index contributed by atoms with van der Waals surface area (Å²) in [4.78, 5) is 2.63. The Hall–Kier alpha value is -0.900. The fourth-order valence-electron chi connectivity index (χ4n) is 4.27. The molecular formula is C21H34N2O. The molecule has 0 unspecified atom stereocenters. The Morgan fingerprint density at radius 2 is 1.58 bits per heavy atom. The first-order chi connectivity index (χ1) is 11.7. The molecule has 4 rings (SSSR count). The van der Waals surface area contributed by atoms with Crippen molar-refractivity contribution in [2.24, 2.45) is 0 Å². The molecule has 3 nitrogen and oxygen atoms in total. The average molecular weight is 331 g/mol. The van der Waals surface area contributed by atoms with Crippen molar-refractivity contribution in [3.8, 4) is 0 Å². The third-order valence-corrected chi connectivity index (χ3v) is 5.70. The maximum atomic E-state index is 6.50. The van der Waals surface area contributed by atoms with Gasteiger partial charge in [-0.15, -0.1) is 0 Å². The molecule has 0 radical (unpaired) electrons. The van der Waals surface area contributed by atoms with Crippen molar-refractivity contribution in [2.75, 3.05) is 26.7 Å². The first kappa shape index (κ1) is 17.9. The third kappa shape index (κ3) is 4.59. The van der Waals surface area contributed by atoms with Gasteiger partial charge in [-0.05, 0) is 44.8 Å². The summed E-state index contributed by atoms with van der Waals surface area (Å²) in [5.74, 6) is 0. The standard InChI is InChI=1S/C13H23NO.C8H11N/c1-2-14-10-12(6-4-3-5-7-12)15-13(11-14)8-9-13;1-9-7-8-5-3-2-4-6-8/h2-11H2,1H3;2-6,9H,7H2,1H3. The monoisotopic (exact) mass is 330 g/mol. The van der Waals surface area contributed by atoms with E-state index in [0.717, 1.165) is 6.54 Å². The number of likely N-dealkylation sites (N-methyl/N-ethyl adjacent to an activating group) is 1. The fourth-order valence-corrected chi connectivity index (χ4v) is 4.27. The number of ether oxygens (including phenoxy) is 1. The van der Waals surface area contributed by atoms with Gasteiger partial charge in [0.05, 0.1) is 11.2 Å². The maximum Gasteiger partial charge on any atom is 0.0819 e. The maximum absolute atomic E-state index is 6.50. The molecule has 0 aromatic heterocycles. The number of nitrogens with zero attached hydrogens (tertiary/aromatic N) is 1. The number of nitrogens with one attached hydrogen (secondary N) is 1. The van der Waals surface area contributed by atoms with Crippen molar-refractivity contribution in [1.82, 2.24) is 10.2 Å². The summed E-state index contributed by atoms with van der Waals surface area (Å²) in [6.45, 7) is 6.85. The van der Waals surface area contributed by atoms with E-state index in [1.165, 1.54) is 70.1 Å². The summed E-state index contributed by atoms with van der Waals surface area (Å²) in [5, 5.41) is 3.08. The fraction of sp³-hybridized carbons (Fsp3) is 0.714. The molecule has 1 saturated heterocycles. The number of hydrogen-bond donors (Lipinski definition) is 1. The predicted octanol–water partition coefficient (Wildman–Crippen LogP) is 3.98. The Morgan fingerprint density at radius 1 is 0.958 bits per heavy atom. The molecule has 1 N–H and O–H groups in total. The van der Waals surface area contributed by atoms with Crippen LogP contribution < -0.4 is 5.32 Å². The van der Waals surface area contributed by atoms with Gasteiger partial charge in [0.25, 0.3) is 0 Å². The minimum atomic E-state index is 0.253. The second-order valence-electron chi connectivity index (χ2n) is 7.85. The van der Waals surface area contributed by atoms with E-state index in [0.29, 0.717) is 5.60 Å². The SMILES string of the molecule is CCN1CC2(CCCCC2)OC2(CC2)C1.CNCc1ccccc1. The quantitative estimate of drug-likeness (QED) is 0.907. The molecule has 24 heavy (non-hydrogen) atoms. The summed E-state index contributed by atoms with van der Waals surface area (Å²) in [7, 11) is 1.95. The summed E-state index contributed by atoms with van der Waals surface area (Å²) in [6, 6.07) is 10.3. The molecule has 3 aliphatic rings. The molecule has 0 atom stereocenters. The lowest BCUT2D eigenvalue weighted by Gasteiger charge is -2.48. The van der Waals surface area contributed by atoms with Crippen LogP contribution in [0.5, 0.6) is 0 Å². The van der Waals surface area contributed by atoms with E-state index >= 15 is 0 Å². The Labute approximate surface area is 147 Å². The lowest BCUT2D eigenvalue weighted by Crippen LogP contribution is -2.57. The predicted molar refractivity (Wildman–Crippen MR) is 100 cm³/mol. The van der Waals surface area contributed by atoms with Gasteiger partial charge in [0, 0.05) is 19.6 Å². The zero-order chi connectivity index (χ0) is 16.9. The first-order valence-corrected chi connectivity index (χ1v) is 9.80. The molecule has 1 heterocycles. The van der Waals surface area contributed by atoms with Crippen LogP contribution in [0.15, 0.2) is 30.3 Å². The van der Waals surface area contributed by atoms with Crippen molar-refractivity contribution >= 4 is 0 Å². The highest BCUT2D eigenvalue weighted by atomic mass is 16.5. The molecule has 0 bridgehead atoms. The molecule has 1 aromatic carbocycles. The molecule has 2 saturated carbocycles. The van der Waals surface area contributed by atoms with Gasteiger partial charge in [-0.1, -0.05) is 56.5 Å². The van der Waals surface area contributed by atoms with Gasteiger partial charge in [-0.25, -0.2) is 0 Å². The van der Waals surface area contributed by atoms with Crippen LogP contribution in [0.25, 0.3) is 0 Å². The Morgan fingerprint density at radius 3 is 2.12 bits per heavy atom. The molecule has 1 aromatic rings. The van der Waals surface area contributed by atoms with Crippen molar-refractivity contribution in [3.05, 3.63) is 35.9 Å². The van der Waals surface area contributed by atoms with Crippen LogP contribution in [0, 0.1) is 0 Å². The number of hydrogen-bond acceptors (Lipinski definition) is 3. The van der Waals surface area contributed by atoms with Crippen molar-refractivity contribution in [3.63, 3.8) is 0 Å². The zero-order valence-electron chi connectivity index (χ0n) is 15.5. The highest BCUT2D eigenvalue weighted by Crippen LogP contribution is 2.49. The van der Waals surface area contributed by atoms with Gasteiger partial charge < -0.3 is 10.1 Å². The highest BCUT2D eigenvalue weighted by molar-refractivity contribution is 5.14. The molecule has 2 spiro atoms. The summed E-state index contributed by atoms with van der Waals surface area (Å²) in [5.41, 5.74) is 1.88. The van der Waals surface area contributed by atoms with Crippen molar-refractivity contribution in [1.29, 1.82) is 0 Å². The van der Waals surface area contributed by atoms with E-state index in [1.54, 1.807) is 0 Å². The minimum Gasteiger partial charge on any atom is -0.366 e. The molecule has 2 aliphatic carbocycles. The van der Waals surface area contributed by atoms with Crippen LogP contribution in [-0.2, 0) is 11.3 Å². The molecule has 0 amide bonds.